The molecule has 3 rings (SSSR count). The Morgan fingerprint density at radius 2 is 1.55 bits per heavy atom. The van der Waals surface area contributed by atoms with E-state index in [0.29, 0.717) is 0 Å². The second kappa shape index (κ2) is 7.00. The molecule has 0 unspecified atom stereocenters. The average molecular weight is 352 g/mol. The van der Waals surface area contributed by atoms with Crippen LogP contribution in [0.3, 0.4) is 0 Å². The van der Waals surface area contributed by atoms with Gasteiger partial charge in [-0.15, -0.1) is 0 Å². The Balaban J connectivity index is 1.96. The van der Waals surface area contributed by atoms with Crippen molar-refractivity contribution in [1.82, 2.24) is 4.98 Å². The summed E-state index contributed by atoms with van der Waals surface area (Å²) in [7, 11) is 0. The zero-order valence-corrected chi connectivity index (χ0v) is 13.4. The van der Waals surface area contributed by atoms with Gasteiger partial charge < -0.3 is 5.32 Å². The fourth-order valence-corrected chi connectivity index (χ4v) is 2.24. The maximum absolute atomic E-state index is 4.70. The van der Waals surface area contributed by atoms with Crippen molar-refractivity contribution < 1.29 is 0 Å². The van der Waals surface area contributed by atoms with E-state index in [1.54, 1.807) is 12.4 Å². The molecule has 2 aromatic carbocycles. The van der Waals surface area contributed by atoms with Gasteiger partial charge in [-0.2, -0.15) is 0 Å². The number of aromatic nitrogens is 1. The fourth-order valence-electron chi connectivity index (χ4n) is 1.98. The Hall–Kier alpha value is -2.46. The summed E-state index contributed by atoms with van der Waals surface area (Å²) in [5.41, 5.74) is 2.88. The van der Waals surface area contributed by atoms with Crippen molar-refractivity contribution in [3.8, 4) is 0 Å². The SMILES string of the molecule is Brc1ccc(NC(=Nc2ccncc2)c2ccccc2)cc1. The second-order valence-electron chi connectivity index (χ2n) is 4.66. The normalized spacial score (nSPS) is 11.2. The number of nitrogens with zero attached hydrogens (tertiary/aromatic N) is 2. The molecule has 0 aliphatic heterocycles. The van der Waals surface area contributed by atoms with Gasteiger partial charge in [-0.05, 0) is 36.4 Å². The molecular weight excluding hydrogens is 338 g/mol. The molecule has 0 aliphatic carbocycles. The van der Waals surface area contributed by atoms with E-state index < -0.39 is 0 Å². The number of pyridine rings is 1. The van der Waals surface area contributed by atoms with E-state index in [1.165, 1.54) is 0 Å². The van der Waals surface area contributed by atoms with Crippen LogP contribution in [0.15, 0.2) is 88.6 Å². The lowest BCUT2D eigenvalue weighted by Gasteiger charge is -2.10. The Bertz CT molecular complexity index is 753. The lowest BCUT2D eigenvalue weighted by atomic mass is 10.2. The Morgan fingerprint density at radius 3 is 2.23 bits per heavy atom. The fraction of sp³-hybridized carbons (Fsp3) is 0. The van der Waals surface area contributed by atoms with Crippen LogP contribution in [-0.4, -0.2) is 10.8 Å². The zero-order chi connectivity index (χ0) is 15.2. The molecule has 0 aliphatic rings. The van der Waals surface area contributed by atoms with Crippen molar-refractivity contribution in [2.45, 2.75) is 0 Å². The summed E-state index contributed by atoms with van der Waals surface area (Å²) in [6, 6.07) is 21.8. The molecule has 0 amide bonds. The maximum Gasteiger partial charge on any atom is 0.138 e. The number of anilines is 1. The van der Waals surface area contributed by atoms with Crippen molar-refractivity contribution >= 4 is 33.1 Å². The first-order valence-electron chi connectivity index (χ1n) is 6.88. The lowest BCUT2D eigenvalue weighted by Crippen LogP contribution is -2.13. The molecular formula is C18H14BrN3. The molecule has 1 aromatic heterocycles. The highest BCUT2D eigenvalue weighted by Crippen LogP contribution is 2.17. The highest BCUT2D eigenvalue weighted by atomic mass is 79.9. The number of benzene rings is 2. The van der Waals surface area contributed by atoms with Crippen molar-refractivity contribution in [1.29, 1.82) is 0 Å². The summed E-state index contributed by atoms with van der Waals surface area (Å²) in [5.74, 6) is 0.800. The van der Waals surface area contributed by atoms with Gasteiger partial charge >= 0.3 is 0 Å². The Kier molecular flexibility index (Phi) is 4.61. The lowest BCUT2D eigenvalue weighted by molar-refractivity contribution is 1.31. The van der Waals surface area contributed by atoms with Crippen LogP contribution in [0.4, 0.5) is 11.4 Å². The number of aliphatic imine (C=N–C) groups is 1. The van der Waals surface area contributed by atoms with Crippen LogP contribution in [0.1, 0.15) is 5.56 Å². The predicted octanol–water partition coefficient (Wildman–Crippen LogP) is 5.03. The number of hydrogen-bond donors (Lipinski definition) is 1. The van der Waals surface area contributed by atoms with Gasteiger partial charge in [0.15, 0.2) is 0 Å². The molecule has 1 N–H and O–H groups in total. The monoisotopic (exact) mass is 351 g/mol. The quantitative estimate of drug-likeness (QED) is 0.530. The Morgan fingerprint density at radius 1 is 0.864 bits per heavy atom. The first-order chi connectivity index (χ1) is 10.8. The van der Waals surface area contributed by atoms with Crippen LogP contribution in [0.2, 0.25) is 0 Å². The third kappa shape index (κ3) is 3.80. The molecule has 0 atom stereocenters. The van der Waals surface area contributed by atoms with Gasteiger partial charge in [0.05, 0.1) is 5.69 Å². The minimum absolute atomic E-state index is 0.800. The van der Waals surface area contributed by atoms with E-state index in [0.717, 1.165) is 27.2 Å². The standard InChI is InChI=1S/C18H14BrN3/c19-15-6-8-16(9-7-15)21-18(14-4-2-1-3-5-14)22-17-10-12-20-13-11-17/h1-13H,(H,20,21,22). The van der Waals surface area contributed by atoms with Crippen LogP contribution in [0.25, 0.3) is 0 Å². The number of amidine groups is 1. The molecule has 0 bridgehead atoms. The summed E-state index contributed by atoms with van der Waals surface area (Å²) in [6.45, 7) is 0. The van der Waals surface area contributed by atoms with Gasteiger partial charge in [0, 0.05) is 28.1 Å². The van der Waals surface area contributed by atoms with E-state index in [-0.39, 0.29) is 0 Å². The summed E-state index contributed by atoms with van der Waals surface area (Å²) in [6.07, 6.45) is 3.47. The van der Waals surface area contributed by atoms with Crippen LogP contribution in [0, 0.1) is 0 Å². The smallest absolute Gasteiger partial charge is 0.138 e. The van der Waals surface area contributed by atoms with Gasteiger partial charge in [-0.1, -0.05) is 46.3 Å². The molecule has 0 saturated carbocycles. The minimum Gasteiger partial charge on any atom is -0.340 e. The molecule has 3 nitrogen and oxygen atoms in total. The van der Waals surface area contributed by atoms with E-state index >= 15 is 0 Å². The molecule has 0 saturated heterocycles. The van der Waals surface area contributed by atoms with Crippen molar-refractivity contribution in [2.75, 3.05) is 5.32 Å². The van der Waals surface area contributed by atoms with Gasteiger partial charge in [0.1, 0.15) is 5.84 Å². The third-order valence-corrected chi connectivity index (χ3v) is 3.59. The van der Waals surface area contributed by atoms with E-state index in [1.807, 2.05) is 66.7 Å². The third-order valence-electron chi connectivity index (χ3n) is 3.06. The molecule has 3 aromatic rings. The number of nitrogens with one attached hydrogen (secondary N) is 1. The minimum atomic E-state index is 0.800. The van der Waals surface area contributed by atoms with Gasteiger partial charge in [0.25, 0.3) is 0 Å². The zero-order valence-electron chi connectivity index (χ0n) is 11.8. The van der Waals surface area contributed by atoms with Crippen LogP contribution in [-0.2, 0) is 0 Å². The number of halogens is 1. The molecule has 0 fully saturated rings. The summed E-state index contributed by atoms with van der Waals surface area (Å²) in [5, 5.41) is 3.38. The summed E-state index contributed by atoms with van der Waals surface area (Å²) in [4.78, 5) is 8.72. The van der Waals surface area contributed by atoms with E-state index in [2.05, 4.69) is 26.2 Å². The topological polar surface area (TPSA) is 37.3 Å². The van der Waals surface area contributed by atoms with Gasteiger partial charge in [-0.25, -0.2) is 4.99 Å². The van der Waals surface area contributed by atoms with E-state index in [4.69, 9.17) is 4.99 Å². The van der Waals surface area contributed by atoms with Crippen molar-refractivity contribution in [3.05, 3.63) is 89.2 Å². The molecule has 22 heavy (non-hydrogen) atoms. The Labute approximate surface area is 137 Å². The molecule has 0 radical (unpaired) electrons. The van der Waals surface area contributed by atoms with Gasteiger partial charge in [-0.3, -0.25) is 4.98 Å². The molecule has 1 heterocycles. The summed E-state index contributed by atoms with van der Waals surface area (Å²) < 4.78 is 1.05. The van der Waals surface area contributed by atoms with Gasteiger partial charge in [0.2, 0.25) is 0 Å². The molecule has 0 spiro atoms. The molecule has 4 heteroatoms. The highest BCUT2D eigenvalue weighted by molar-refractivity contribution is 9.10. The predicted molar refractivity (Wildman–Crippen MR) is 94.6 cm³/mol. The van der Waals surface area contributed by atoms with Crippen molar-refractivity contribution in [3.63, 3.8) is 0 Å². The first-order valence-corrected chi connectivity index (χ1v) is 7.67. The van der Waals surface area contributed by atoms with Crippen LogP contribution >= 0.6 is 15.9 Å². The van der Waals surface area contributed by atoms with Crippen molar-refractivity contribution in [2.24, 2.45) is 4.99 Å². The van der Waals surface area contributed by atoms with Crippen LogP contribution < -0.4 is 5.32 Å². The van der Waals surface area contributed by atoms with Crippen LogP contribution in [0.5, 0.6) is 0 Å². The summed E-state index contributed by atoms with van der Waals surface area (Å²) >= 11 is 3.45. The highest BCUT2D eigenvalue weighted by Gasteiger charge is 2.04. The maximum atomic E-state index is 4.70. The number of rotatable bonds is 3. The largest absolute Gasteiger partial charge is 0.340 e. The molecule has 108 valence electrons. The second-order valence-corrected chi connectivity index (χ2v) is 5.58. The van der Waals surface area contributed by atoms with E-state index in [9.17, 15) is 0 Å². The average Bonchev–Trinajstić information content (AvgIpc) is 2.58. The first kappa shape index (κ1) is 14.5. The number of hydrogen-bond acceptors (Lipinski definition) is 2.